The number of hydrogen-bond donors (Lipinski definition) is 1. The number of methoxy groups -OCH3 is 1. The molecule has 154 valence electrons. The maximum absolute atomic E-state index is 12.7. The Balaban J connectivity index is 1.84. The molecular weight excluding hydrogens is 376 g/mol. The van der Waals surface area contributed by atoms with E-state index in [1.54, 1.807) is 0 Å². The second-order valence-corrected chi connectivity index (χ2v) is 6.59. The van der Waals surface area contributed by atoms with Gasteiger partial charge in [0.15, 0.2) is 12.1 Å². The van der Waals surface area contributed by atoms with E-state index < -0.39 is 24.0 Å². The number of esters is 1. The fourth-order valence-electron chi connectivity index (χ4n) is 3.15. The monoisotopic (exact) mass is 400 g/mol. The van der Waals surface area contributed by atoms with Crippen molar-refractivity contribution in [2.45, 2.75) is 25.2 Å². The molecule has 0 saturated carbocycles. The van der Waals surface area contributed by atoms with Crippen molar-refractivity contribution in [1.29, 1.82) is 0 Å². The minimum absolute atomic E-state index is 0.0377. The molecule has 0 aromatic heterocycles. The third-order valence-corrected chi connectivity index (χ3v) is 4.52. The van der Waals surface area contributed by atoms with Gasteiger partial charge >= 0.3 is 11.9 Å². The van der Waals surface area contributed by atoms with Crippen molar-refractivity contribution < 1.29 is 29.1 Å². The van der Waals surface area contributed by atoms with E-state index in [9.17, 15) is 14.7 Å². The van der Waals surface area contributed by atoms with Gasteiger partial charge < -0.3 is 14.6 Å². The topological polar surface area (TPSA) is 88.5 Å². The molecule has 1 heterocycles. The Morgan fingerprint density at radius 2 is 1.41 bits per heavy atom. The van der Waals surface area contributed by atoms with Crippen molar-refractivity contribution in [1.82, 2.24) is 10.1 Å². The van der Waals surface area contributed by atoms with Gasteiger partial charge in [-0.15, -0.1) is 10.1 Å². The molecule has 0 radical (unpaired) electrons. The van der Waals surface area contributed by atoms with Crippen LogP contribution in [-0.4, -0.2) is 59.6 Å². The van der Waals surface area contributed by atoms with Gasteiger partial charge in [0, 0.05) is 7.11 Å². The number of benzene rings is 2. The molecule has 1 saturated heterocycles. The van der Waals surface area contributed by atoms with Gasteiger partial charge in [-0.05, 0) is 11.1 Å². The molecule has 0 unspecified atom stereocenters. The molecule has 1 N–H and O–H groups in total. The lowest BCUT2D eigenvalue weighted by molar-refractivity contribution is -0.290. The zero-order valence-corrected chi connectivity index (χ0v) is 16.1. The van der Waals surface area contributed by atoms with Gasteiger partial charge in [0.25, 0.3) is 0 Å². The Morgan fingerprint density at radius 1 is 0.897 bits per heavy atom. The van der Waals surface area contributed by atoms with Crippen molar-refractivity contribution in [3.8, 4) is 0 Å². The molecule has 3 rings (SSSR count). The van der Waals surface area contributed by atoms with Gasteiger partial charge in [-0.2, -0.15) is 0 Å². The van der Waals surface area contributed by atoms with Crippen LogP contribution in [0.15, 0.2) is 60.7 Å². The lowest BCUT2D eigenvalue weighted by atomic mass is 10.1. The highest BCUT2D eigenvalue weighted by Crippen LogP contribution is 2.28. The van der Waals surface area contributed by atoms with Crippen molar-refractivity contribution in [2.75, 3.05) is 20.3 Å². The zero-order chi connectivity index (χ0) is 20.6. The van der Waals surface area contributed by atoms with Crippen LogP contribution in [0.2, 0.25) is 0 Å². The standard InChI is InChI=1S/C21H24N2O6/c1-27-12-13-28-21(26)19-18(20(24)25)22(14-16-8-4-2-5-9-16)29-23(19)15-17-10-6-3-7-11-17/h2-11,18-19H,12-15H2,1H3,(H,24,25)/t18-,19+/m1/s1. The third-order valence-electron chi connectivity index (χ3n) is 4.52. The molecule has 0 aliphatic carbocycles. The van der Waals surface area contributed by atoms with Crippen LogP contribution in [0.4, 0.5) is 0 Å². The largest absolute Gasteiger partial charge is 0.480 e. The Morgan fingerprint density at radius 3 is 1.90 bits per heavy atom. The van der Waals surface area contributed by atoms with E-state index in [1.807, 2.05) is 60.7 Å². The normalized spacial score (nSPS) is 19.9. The summed E-state index contributed by atoms with van der Waals surface area (Å²) in [7, 11) is 1.50. The van der Waals surface area contributed by atoms with Crippen molar-refractivity contribution >= 4 is 11.9 Å². The fraction of sp³-hybridized carbons (Fsp3) is 0.333. The Bertz CT molecular complexity index is 801. The number of hydroxylamine groups is 4. The van der Waals surface area contributed by atoms with Gasteiger partial charge in [0.2, 0.25) is 0 Å². The van der Waals surface area contributed by atoms with Gasteiger partial charge in [0.1, 0.15) is 6.61 Å². The molecule has 2 atom stereocenters. The number of aliphatic carboxylic acids is 1. The minimum Gasteiger partial charge on any atom is -0.480 e. The zero-order valence-electron chi connectivity index (χ0n) is 16.1. The predicted molar refractivity (Wildman–Crippen MR) is 103 cm³/mol. The predicted octanol–water partition coefficient (Wildman–Crippen LogP) is 1.86. The van der Waals surface area contributed by atoms with E-state index in [4.69, 9.17) is 14.4 Å². The number of rotatable bonds is 9. The van der Waals surface area contributed by atoms with Crippen LogP contribution in [0.25, 0.3) is 0 Å². The molecule has 29 heavy (non-hydrogen) atoms. The minimum atomic E-state index is -1.21. The Hall–Kier alpha value is -2.78. The van der Waals surface area contributed by atoms with E-state index in [0.29, 0.717) is 0 Å². The first-order chi connectivity index (χ1) is 14.1. The first-order valence-electron chi connectivity index (χ1n) is 9.27. The van der Waals surface area contributed by atoms with E-state index in [2.05, 4.69) is 0 Å². The van der Waals surface area contributed by atoms with Gasteiger partial charge in [-0.25, -0.2) is 4.94 Å². The summed E-state index contributed by atoms with van der Waals surface area (Å²) in [5.41, 5.74) is 1.75. The number of carbonyl (C=O) groups is 2. The number of ether oxygens (including phenoxy) is 2. The highest BCUT2D eigenvalue weighted by molar-refractivity contribution is 5.86. The molecule has 2 aromatic rings. The number of nitrogens with zero attached hydrogens (tertiary/aromatic N) is 2. The van der Waals surface area contributed by atoms with Crippen LogP contribution in [0, 0.1) is 0 Å². The first-order valence-corrected chi connectivity index (χ1v) is 9.27. The summed E-state index contributed by atoms with van der Waals surface area (Å²) >= 11 is 0. The van der Waals surface area contributed by atoms with Gasteiger partial charge in [0.05, 0.1) is 19.7 Å². The Kier molecular flexibility index (Phi) is 7.31. The number of hydrogen-bond acceptors (Lipinski definition) is 7. The lowest BCUT2D eigenvalue weighted by Crippen LogP contribution is -2.48. The third kappa shape index (κ3) is 5.39. The van der Waals surface area contributed by atoms with Gasteiger partial charge in [-0.1, -0.05) is 60.7 Å². The lowest BCUT2D eigenvalue weighted by Gasteiger charge is -2.21. The molecule has 8 heteroatoms. The van der Waals surface area contributed by atoms with Crippen molar-refractivity contribution in [3.63, 3.8) is 0 Å². The summed E-state index contributed by atoms with van der Waals surface area (Å²) in [5.74, 6) is -1.83. The molecular formula is C21H24N2O6. The maximum atomic E-state index is 12.7. The summed E-state index contributed by atoms with van der Waals surface area (Å²) in [5, 5.41) is 12.5. The maximum Gasteiger partial charge on any atom is 0.328 e. The van der Waals surface area contributed by atoms with E-state index >= 15 is 0 Å². The second-order valence-electron chi connectivity index (χ2n) is 6.59. The average molecular weight is 400 g/mol. The van der Waals surface area contributed by atoms with E-state index in [1.165, 1.54) is 17.2 Å². The SMILES string of the molecule is COCCOC(=O)[C@@H]1[C@H](C(=O)O)N(Cc2ccccc2)ON1Cc1ccccc1. The van der Waals surface area contributed by atoms with Crippen LogP contribution in [0.3, 0.4) is 0 Å². The summed E-state index contributed by atoms with van der Waals surface area (Å²) in [6.07, 6.45) is 0. The van der Waals surface area contributed by atoms with Crippen LogP contribution >= 0.6 is 0 Å². The molecule has 0 bridgehead atoms. The molecule has 0 spiro atoms. The summed E-state index contributed by atoms with van der Waals surface area (Å²) in [6.45, 7) is 0.713. The van der Waals surface area contributed by atoms with Crippen LogP contribution in [-0.2, 0) is 37.1 Å². The fourth-order valence-corrected chi connectivity index (χ4v) is 3.15. The highest BCUT2D eigenvalue weighted by atomic mass is 16.9. The van der Waals surface area contributed by atoms with Crippen molar-refractivity contribution in [2.24, 2.45) is 0 Å². The summed E-state index contributed by atoms with van der Waals surface area (Å²) in [6, 6.07) is 16.4. The molecule has 1 aliphatic heterocycles. The van der Waals surface area contributed by atoms with E-state index in [-0.39, 0.29) is 26.3 Å². The Labute approximate surface area is 169 Å². The molecule has 1 fully saturated rings. The second kappa shape index (κ2) is 10.1. The number of carbonyl (C=O) groups excluding carboxylic acids is 1. The molecule has 1 aliphatic rings. The number of carboxylic acids is 1. The van der Waals surface area contributed by atoms with Crippen LogP contribution in [0.5, 0.6) is 0 Å². The highest BCUT2D eigenvalue weighted by Gasteiger charge is 2.51. The smallest absolute Gasteiger partial charge is 0.328 e. The van der Waals surface area contributed by atoms with Gasteiger partial charge in [-0.3, -0.25) is 9.59 Å². The molecule has 2 aromatic carbocycles. The number of carboxylic acid groups (broad SMARTS) is 1. The van der Waals surface area contributed by atoms with Crippen LogP contribution < -0.4 is 0 Å². The molecule has 8 nitrogen and oxygen atoms in total. The quantitative estimate of drug-likeness (QED) is 0.504. The average Bonchev–Trinajstić information content (AvgIpc) is 3.07. The summed E-state index contributed by atoms with van der Waals surface area (Å²) < 4.78 is 10.1. The first kappa shape index (κ1) is 20.9. The summed E-state index contributed by atoms with van der Waals surface area (Å²) in [4.78, 5) is 30.6. The molecule has 0 amide bonds. The van der Waals surface area contributed by atoms with Crippen LogP contribution in [0.1, 0.15) is 11.1 Å². The van der Waals surface area contributed by atoms with E-state index in [0.717, 1.165) is 11.1 Å². The van der Waals surface area contributed by atoms with Crippen molar-refractivity contribution in [3.05, 3.63) is 71.8 Å².